The zero-order valence-electron chi connectivity index (χ0n) is 23.6. The van der Waals surface area contributed by atoms with E-state index < -0.39 is 5.54 Å². The molecule has 3 aliphatic rings. The second-order valence-corrected chi connectivity index (χ2v) is 11.8. The first-order chi connectivity index (χ1) is 19.0. The van der Waals surface area contributed by atoms with E-state index in [9.17, 15) is 9.18 Å². The number of urea groups is 1. The van der Waals surface area contributed by atoms with Crippen molar-refractivity contribution in [2.75, 3.05) is 29.9 Å². The van der Waals surface area contributed by atoms with Gasteiger partial charge in [-0.2, -0.15) is 4.99 Å². The van der Waals surface area contributed by atoms with Gasteiger partial charge in [0.2, 0.25) is 0 Å². The molecular weight excluding hydrogens is 489 g/mol. The van der Waals surface area contributed by atoms with Crippen LogP contribution in [0.2, 0.25) is 0 Å². The number of likely N-dealkylation sites (tertiary alicyclic amines) is 1. The molecule has 2 aliphatic heterocycles. The van der Waals surface area contributed by atoms with Crippen LogP contribution in [0, 0.1) is 11.7 Å². The summed E-state index contributed by atoms with van der Waals surface area (Å²) < 4.78 is 14.2. The second kappa shape index (κ2) is 12.5. The fraction of sp³-hybridized carbons (Fsp3) is 0.562. The highest BCUT2D eigenvalue weighted by atomic mass is 19.1. The highest BCUT2D eigenvalue weighted by molar-refractivity contribution is 6.16. The van der Waals surface area contributed by atoms with Gasteiger partial charge in [0.15, 0.2) is 0 Å². The summed E-state index contributed by atoms with van der Waals surface area (Å²) in [5.41, 5.74) is 2.50. The Bertz CT molecular complexity index is 1150. The van der Waals surface area contributed by atoms with Gasteiger partial charge in [-0.25, -0.2) is 9.18 Å². The molecule has 2 fully saturated rings. The molecular formula is C32H44FN5O. The number of amidine groups is 1. The van der Waals surface area contributed by atoms with Gasteiger partial charge in [0, 0.05) is 43.6 Å². The third-order valence-corrected chi connectivity index (χ3v) is 8.73. The van der Waals surface area contributed by atoms with Crippen LogP contribution in [-0.4, -0.2) is 48.0 Å². The van der Waals surface area contributed by atoms with E-state index in [1.165, 1.54) is 55.5 Å². The molecule has 0 radical (unpaired) electrons. The standard InChI is InChI=1S/C32H44FN5O/c1-3-9-24(2)22-34-28-14-7-10-25(20-28)23-37-18-16-32(17-19-37)30(35-27-12-5-4-6-13-27)36-31(39)38(32)29-15-8-11-26(33)21-29/h7-8,10-11,14-15,20-21,24,27,34H,3-6,9,12-13,16-19,22-23H2,1-2H3,(H,35,36,39). The van der Waals surface area contributed by atoms with Crippen LogP contribution in [0.3, 0.4) is 0 Å². The molecule has 210 valence electrons. The summed E-state index contributed by atoms with van der Waals surface area (Å²) in [6.45, 7) is 8.08. The van der Waals surface area contributed by atoms with Gasteiger partial charge in [-0.15, -0.1) is 0 Å². The third kappa shape index (κ3) is 6.46. The lowest BCUT2D eigenvalue weighted by Gasteiger charge is -2.45. The molecule has 2 aromatic rings. The highest BCUT2D eigenvalue weighted by Gasteiger charge is 2.52. The lowest BCUT2D eigenvalue weighted by atomic mass is 9.83. The second-order valence-electron chi connectivity index (χ2n) is 11.8. The van der Waals surface area contributed by atoms with Gasteiger partial charge in [0.1, 0.15) is 17.2 Å². The molecule has 0 bridgehead atoms. The van der Waals surface area contributed by atoms with E-state index in [4.69, 9.17) is 0 Å². The Labute approximate surface area is 233 Å². The predicted octanol–water partition coefficient (Wildman–Crippen LogP) is 6.97. The van der Waals surface area contributed by atoms with Gasteiger partial charge in [-0.3, -0.25) is 9.80 Å². The van der Waals surface area contributed by atoms with Crippen molar-refractivity contribution in [3.8, 4) is 0 Å². The lowest BCUT2D eigenvalue weighted by Crippen LogP contribution is -2.62. The van der Waals surface area contributed by atoms with Crippen molar-refractivity contribution in [1.29, 1.82) is 0 Å². The summed E-state index contributed by atoms with van der Waals surface area (Å²) >= 11 is 0. The Morgan fingerprint density at radius 1 is 1.08 bits per heavy atom. The van der Waals surface area contributed by atoms with Crippen molar-refractivity contribution in [3.63, 3.8) is 0 Å². The lowest BCUT2D eigenvalue weighted by molar-refractivity contribution is 0.181. The number of rotatable bonds is 9. The maximum absolute atomic E-state index is 14.2. The van der Waals surface area contributed by atoms with Crippen LogP contribution in [0.5, 0.6) is 0 Å². The van der Waals surface area contributed by atoms with Gasteiger partial charge < -0.3 is 10.6 Å². The smallest absolute Gasteiger partial charge is 0.350 e. The molecule has 39 heavy (non-hydrogen) atoms. The minimum atomic E-state index is -0.558. The quantitative estimate of drug-likeness (QED) is 0.365. The van der Waals surface area contributed by atoms with Crippen LogP contribution >= 0.6 is 0 Å². The number of benzene rings is 2. The van der Waals surface area contributed by atoms with Crippen molar-refractivity contribution in [3.05, 3.63) is 59.9 Å². The summed E-state index contributed by atoms with van der Waals surface area (Å²) in [7, 11) is 0. The maximum atomic E-state index is 14.2. The first kappa shape index (κ1) is 27.6. The van der Waals surface area contributed by atoms with Crippen LogP contribution in [0.15, 0.2) is 53.5 Å². The first-order valence-corrected chi connectivity index (χ1v) is 15.0. The zero-order valence-corrected chi connectivity index (χ0v) is 23.6. The van der Waals surface area contributed by atoms with E-state index in [0.29, 0.717) is 17.6 Å². The number of piperidine rings is 1. The van der Waals surface area contributed by atoms with Crippen LogP contribution in [0.4, 0.5) is 20.6 Å². The molecule has 2 heterocycles. The molecule has 0 aromatic heterocycles. The Morgan fingerprint density at radius 3 is 2.59 bits per heavy atom. The summed E-state index contributed by atoms with van der Waals surface area (Å²) in [5.74, 6) is 1.11. The fourth-order valence-electron chi connectivity index (χ4n) is 6.58. The van der Waals surface area contributed by atoms with Gasteiger partial charge >= 0.3 is 6.03 Å². The fourth-order valence-corrected chi connectivity index (χ4v) is 6.58. The SMILES string of the molecule is CCCC(C)CNc1cccc(CN2CCC3(CC2)C(NC2CCCCC2)=NC(=O)N3c2cccc(F)c2)c1. The van der Waals surface area contributed by atoms with E-state index >= 15 is 0 Å². The summed E-state index contributed by atoms with van der Waals surface area (Å²) in [6, 6.07) is 15.2. The maximum Gasteiger partial charge on any atom is 0.350 e. The molecule has 1 saturated heterocycles. The molecule has 1 spiro atoms. The molecule has 1 aliphatic carbocycles. The normalized spacial score (nSPS) is 20.7. The Morgan fingerprint density at radius 2 is 1.85 bits per heavy atom. The van der Waals surface area contributed by atoms with Crippen molar-refractivity contribution in [1.82, 2.24) is 10.2 Å². The molecule has 2 N–H and O–H groups in total. The largest absolute Gasteiger partial charge is 0.385 e. The number of amides is 2. The molecule has 2 aromatic carbocycles. The first-order valence-electron chi connectivity index (χ1n) is 15.0. The van der Waals surface area contributed by atoms with E-state index in [1.807, 2.05) is 6.07 Å². The Balaban J connectivity index is 1.29. The number of aliphatic imine (C=N–C) groups is 1. The number of halogens is 1. The van der Waals surface area contributed by atoms with Gasteiger partial charge in [-0.05, 0) is 73.9 Å². The average molecular weight is 534 g/mol. The Kier molecular flexibility index (Phi) is 8.85. The molecule has 2 amide bonds. The van der Waals surface area contributed by atoms with Crippen LogP contribution in [-0.2, 0) is 6.54 Å². The van der Waals surface area contributed by atoms with Crippen LogP contribution in [0.1, 0.15) is 77.2 Å². The topological polar surface area (TPSA) is 60.0 Å². The molecule has 6 nitrogen and oxygen atoms in total. The minimum Gasteiger partial charge on any atom is -0.385 e. The molecule has 1 saturated carbocycles. The molecule has 7 heteroatoms. The minimum absolute atomic E-state index is 0.288. The van der Waals surface area contributed by atoms with Crippen molar-refractivity contribution < 1.29 is 9.18 Å². The van der Waals surface area contributed by atoms with E-state index in [0.717, 1.165) is 57.7 Å². The number of nitrogens with zero attached hydrogens (tertiary/aromatic N) is 3. The molecule has 1 unspecified atom stereocenters. The van der Waals surface area contributed by atoms with Crippen LogP contribution in [0.25, 0.3) is 0 Å². The Hall–Kier alpha value is -2.93. The van der Waals surface area contributed by atoms with Gasteiger partial charge in [-0.1, -0.05) is 57.7 Å². The van der Waals surface area contributed by atoms with Crippen molar-refractivity contribution in [2.24, 2.45) is 10.9 Å². The number of carbonyl (C=O) groups is 1. The highest BCUT2D eigenvalue weighted by Crippen LogP contribution is 2.39. The van der Waals surface area contributed by atoms with Crippen molar-refractivity contribution >= 4 is 23.2 Å². The molecule has 1 atom stereocenters. The van der Waals surface area contributed by atoms with Gasteiger partial charge in [0.05, 0.1) is 0 Å². The van der Waals surface area contributed by atoms with Crippen molar-refractivity contribution in [2.45, 2.75) is 89.8 Å². The summed E-state index contributed by atoms with van der Waals surface area (Å²) in [4.78, 5) is 22.1. The number of hydrogen-bond acceptors (Lipinski definition) is 4. The van der Waals surface area contributed by atoms with Crippen LogP contribution < -0.4 is 15.5 Å². The zero-order chi connectivity index (χ0) is 27.2. The third-order valence-electron chi connectivity index (χ3n) is 8.73. The van der Waals surface area contributed by atoms with Gasteiger partial charge in [0.25, 0.3) is 0 Å². The molecule has 5 rings (SSSR count). The van der Waals surface area contributed by atoms with E-state index in [-0.39, 0.29) is 11.8 Å². The van der Waals surface area contributed by atoms with E-state index in [1.54, 1.807) is 11.0 Å². The number of carbonyl (C=O) groups excluding carboxylic acids is 1. The number of hydrogen-bond donors (Lipinski definition) is 2. The number of nitrogens with one attached hydrogen (secondary N) is 2. The summed E-state index contributed by atoms with van der Waals surface area (Å²) in [5, 5.41) is 7.30. The van der Waals surface area contributed by atoms with E-state index in [2.05, 4.69) is 58.6 Å². The monoisotopic (exact) mass is 533 g/mol. The summed E-state index contributed by atoms with van der Waals surface area (Å²) in [6.07, 6.45) is 9.88. The average Bonchev–Trinajstić information content (AvgIpc) is 3.19. The predicted molar refractivity (Wildman–Crippen MR) is 158 cm³/mol. The number of anilines is 2.